The standard InChI is InChI=1S/C27H25BrN4O3S/c1-3-23(25(33)31-27-30-22(15-36-27)16-8-10-17(28)11-9-16)35-26(34)24-18-6-4-5-7-20(18)29-21-12-13-32(2)14-19(21)24/h4-11,15,23H,3,12-14H2,1-2H3,(H,30,31,33). The van der Waals surface area contributed by atoms with Gasteiger partial charge in [-0.2, -0.15) is 0 Å². The van der Waals surface area contributed by atoms with Crippen LogP contribution in [-0.2, 0) is 22.5 Å². The molecule has 0 saturated heterocycles. The number of likely N-dealkylation sites (N-methyl/N-ethyl adjacent to an activating group) is 1. The molecule has 4 aromatic rings. The van der Waals surface area contributed by atoms with Gasteiger partial charge in [0.15, 0.2) is 11.2 Å². The van der Waals surface area contributed by atoms with Crippen LogP contribution in [0.4, 0.5) is 5.13 Å². The first-order valence-corrected chi connectivity index (χ1v) is 13.4. The quantitative estimate of drug-likeness (QED) is 0.303. The van der Waals surface area contributed by atoms with Gasteiger partial charge in [-0.3, -0.25) is 15.1 Å². The Kier molecular flexibility index (Phi) is 7.13. The molecule has 1 aliphatic heterocycles. The Labute approximate surface area is 221 Å². The minimum absolute atomic E-state index is 0.341. The summed E-state index contributed by atoms with van der Waals surface area (Å²) < 4.78 is 6.79. The third-order valence-corrected chi connectivity index (χ3v) is 7.51. The number of nitrogens with zero attached hydrogens (tertiary/aromatic N) is 3. The molecule has 0 fully saturated rings. The van der Waals surface area contributed by atoms with E-state index in [0.29, 0.717) is 23.7 Å². The number of carbonyl (C=O) groups is 2. The predicted octanol–water partition coefficient (Wildman–Crippen LogP) is 5.68. The maximum absolute atomic E-state index is 13.5. The number of halogens is 1. The number of hydrogen-bond donors (Lipinski definition) is 1. The molecule has 7 nitrogen and oxygen atoms in total. The van der Waals surface area contributed by atoms with E-state index >= 15 is 0 Å². The molecule has 0 saturated carbocycles. The van der Waals surface area contributed by atoms with Gasteiger partial charge in [0.05, 0.1) is 16.8 Å². The zero-order valence-electron chi connectivity index (χ0n) is 20.0. The average molecular weight is 565 g/mol. The number of para-hydroxylation sites is 1. The largest absolute Gasteiger partial charge is 0.449 e. The smallest absolute Gasteiger partial charge is 0.340 e. The highest BCUT2D eigenvalue weighted by Crippen LogP contribution is 2.30. The van der Waals surface area contributed by atoms with Gasteiger partial charge in [-0.15, -0.1) is 11.3 Å². The monoisotopic (exact) mass is 564 g/mol. The van der Waals surface area contributed by atoms with Gasteiger partial charge in [0, 0.05) is 51.6 Å². The van der Waals surface area contributed by atoms with Gasteiger partial charge in [0.25, 0.3) is 5.91 Å². The number of benzene rings is 2. The fourth-order valence-electron chi connectivity index (χ4n) is 4.34. The van der Waals surface area contributed by atoms with E-state index in [-0.39, 0.29) is 0 Å². The third-order valence-electron chi connectivity index (χ3n) is 6.23. The van der Waals surface area contributed by atoms with Crippen molar-refractivity contribution in [1.29, 1.82) is 0 Å². The van der Waals surface area contributed by atoms with Crippen LogP contribution in [0.2, 0.25) is 0 Å². The Morgan fingerprint density at radius 2 is 1.94 bits per heavy atom. The summed E-state index contributed by atoms with van der Waals surface area (Å²) >= 11 is 4.76. The number of pyridine rings is 1. The number of rotatable bonds is 6. The molecule has 1 amide bonds. The Bertz CT molecular complexity index is 1440. The average Bonchev–Trinajstić information content (AvgIpc) is 3.34. The van der Waals surface area contributed by atoms with Crippen molar-refractivity contribution in [3.8, 4) is 11.3 Å². The Balaban J connectivity index is 1.37. The van der Waals surface area contributed by atoms with E-state index in [9.17, 15) is 9.59 Å². The lowest BCUT2D eigenvalue weighted by Crippen LogP contribution is -2.34. The number of carbonyl (C=O) groups excluding carboxylic acids is 2. The number of ether oxygens (including phenoxy) is 1. The lowest BCUT2D eigenvalue weighted by atomic mass is 9.96. The highest BCUT2D eigenvalue weighted by molar-refractivity contribution is 9.10. The molecule has 2 aromatic heterocycles. The van der Waals surface area contributed by atoms with E-state index in [4.69, 9.17) is 9.72 Å². The van der Waals surface area contributed by atoms with Gasteiger partial charge in [0.2, 0.25) is 0 Å². The summed E-state index contributed by atoms with van der Waals surface area (Å²) in [5.74, 6) is -0.899. The molecule has 9 heteroatoms. The number of hydrogen-bond acceptors (Lipinski definition) is 7. The summed E-state index contributed by atoms with van der Waals surface area (Å²) in [5.41, 5.74) is 4.77. The third kappa shape index (κ3) is 5.04. The van der Waals surface area contributed by atoms with Crippen molar-refractivity contribution in [3.63, 3.8) is 0 Å². The fourth-order valence-corrected chi connectivity index (χ4v) is 5.33. The van der Waals surface area contributed by atoms with Gasteiger partial charge in [-0.05, 0) is 31.7 Å². The second-order valence-electron chi connectivity index (χ2n) is 8.75. The normalized spacial score (nSPS) is 14.3. The zero-order valence-corrected chi connectivity index (χ0v) is 22.4. The highest BCUT2D eigenvalue weighted by atomic mass is 79.9. The van der Waals surface area contributed by atoms with Crippen LogP contribution in [0.15, 0.2) is 58.4 Å². The van der Waals surface area contributed by atoms with Crippen LogP contribution in [0, 0.1) is 0 Å². The van der Waals surface area contributed by atoms with Crippen molar-refractivity contribution >= 4 is 55.2 Å². The van der Waals surface area contributed by atoms with Crippen LogP contribution in [-0.4, -0.2) is 46.4 Å². The van der Waals surface area contributed by atoms with E-state index < -0.39 is 18.0 Å². The molecule has 5 rings (SSSR count). The van der Waals surface area contributed by atoms with Crippen LogP contribution >= 0.6 is 27.3 Å². The molecule has 0 bridgehead atoms. The van der Waals surface area contributed by atoms with Gasteiger partial charge >= 0.3 is 5.97 Å². The van der Waals surface area contributed by atoms with Crippen LogP contribution in [0.3, 0.4) is 0 Å². The summed E-state index contributed by atoms with van der Waals surface area (Å²) in [5, 5.41) is 5.91. The Morgan fingerprint density at radius 3 is 2.72 bits per heavy atom. The van der Waals surface area contributed by atoms with Crippen LogP contribution < -0.4 is 5.32 Å². The van der Waals surface area contributed by atoms with Crippen molar-refractivity contribution in [3.05, 3.63) is 75.2 Å². The van der Waals surface area contributed by atoms with Crippen molar-refractivity contribution in [1.82, 2.24) is 14.9 Å². The van der Waals surface area contributed by atoms with Crippen molar-refractivity contribution < 1.29 is 14.3 Å². The van der Waals surface area contributed by atoms with Crippen molar-refractivity contribution in [2.24, 2.45) is 0 Å². The lowest BCUT2D eigenvalue weighted by molar-refractivity contribution is -0.124. The predicted molar refractivity (Wildman–Crippen MR) is 145 cm³/mol. The number of aromatic nitrogens is 2. The first kappa shape index (κ1) is 24.5. The number of anilines is 1. The number of nitrogens with one attached hydrogen (secondary N) is 1. The number of esters is 1. The van der Waals surface area contributed by atoms with Gasteiger partial charge in [0.1, 0.15) is 0 Å². The molecule has 1 aliphatic rings. The van der Waals surface area contributed by atoms with Gasteiger partial charge in [-0.1, -0.05) is 53.2 Å². The number of amides is 1. The van der Waals surface area contributed by atoms with E-state index in [1.54, 1.807) is 0 Å². The number of fused-ring (bicyclic) bond motifs is 2. The second kappa shape index (κ2) is 10.5. The second-order valence-corrected chi connectivity index (χ2v) is 10.5. The van der Waals surface area contributed by atoms with E-state index in [1.165, 1.54) is 11.3 Å². The molecule has 1 unspecified atom stereocenters. The zero-order chi connectivity index (χ0) is 25.2. The minimum Gasteiger partial charge on any atom is -0.449 e. The topological polar surface area (TPSA) is 84.4 Å². The first-order chi connectivity index (χ1) is 17.4. The summed E-state index contributed by atoms with van der Waals surface area (Å²) in [6.07, 6.45) is 0.161. The summed E-state index contributed by atoms with van der Waals surface area (Å²) in [6, 6.07) is 15.4. The van der Waals surface area contributed by atoms with E-state index in [0.717, 1.165) is 50.9 Å². The summed E-state index contributed by atoms with van der Waals surface area (Å²) in [7, 11) is 2.02. The molecule has 3 heterocycles. The molecule has 0 aliphatic carbocycles. The number of thiazole rings is 1. The maximum Gasteiger partial charge on any atom is 0.340 e. The van der Waals surface area contributed by atoms with Crippen LogP contribution in [0.25, 0.3) is 22.2 Å². The van der Waals surface area contributed by atoms with Crippen molar-refractivity contribution in [2.75, 3.05) is 18.9 Å². The molecular weight excluding hydrogens is 540 g/mol. The summed E-state index contributed by atoms with van der Waals surface area (Å²) in [6.45, 7) is 3.31. The Hall–Kier alpha value is -3.14. The van der Waals surface area contributed by atoms with Crippen molar-refractivity contribution in [2.45, 2.75) is 32.4 Å². The van der Waals surface area contributed by atoms with E-state index in [2.05, 4.69) is 31.1 Å². The van der Waals surface area contributed by atoms with E-state index in [1.807, 2.05) is 67.9 Å². The molecule has 184 valence electrons. The van der Waals surface area contributed by atoms with Crippen LogP contribution in [0.1, 0.15) is 35.0 Å². The first-order valence-electron chi connectivity index (χ1n) is 11.7. The molecule has 0 radical (unpaired) electrons. The Morgan fingerprint density at radius 1 is 1.17 bits per heavy atom. The maximum atomic E-state index is 13.5. The fraction of sp³-hybridized carbons (Fsp3) is 0.259. The molecule has 1 atom stereocenters. The highest BCUT2D eigenvalue weighted by Gasteiger charge is 2.29. The molecule has 36 heavy (non-hydrogen) atoms. The lowest BCUT2D eigenvalue weighted by Gasteiger charge is -2.27. The molecule has 0 spiro atoms. The van der Waals surface area contributed by atoms with Gasteiger partial charge < -0.3 is 9.64 Å². The molecule has 1 N–H and O–H groups in total. The summed E-state index contributed by atoms with van der Waals surface area (Å²) in [4.78, 5) is 38.0. The molecular formula is C27H25BrN4O3S. The SMILES string of the molecule is CCC(OC(=O)c1c2c(nc3ccccc13)CCN(C)C2)C(=O)Nc1nc(-c2ccc(Br)cc2)cs1. The van der Waals surface area contributed by atoms with Gasteiger partial charge in [-0.25, -0.2) is 9.78 Å². The molecule has 2 aromatic carbocycles. The van der Waals surface area contributed by atoms with Crippen LogP contribution in [0.5, 0.6) is 0 Å². The minimum atomic E-state index is -0.943.